The highest BCUT2D eigenvalue weighted by atomic mass is 16.5. The molecule has 1 fully saturated rings. The number of rotatable bonds is 7. The average molecular weight is 331 g/mol. The Morgan fingerprint density at radius 3 is 2.96 bits per heavy atom. The predicted molar refractivity (Wildman–Crippen MR) is 94.2 cm³/mol. The van der Waals surface area contributed by atoms with Crippen molar-refractivity contribution in [2.75, 3.05) is 32.6 Å². The van der Waals surface area contributed by atoms with Gasteiger partial charge in [-0.2, -0.15) is 0 Å². The number of carbonyl (C=O) groups is 1. The monoisotopic (exact) mass is 331 g/mol. The second-order valence-electron chi connectivity index (χ2n) is 6.49. The minimum Gasteiger partial charge on any atom is -0.391 e. The summed E-state index contributed by atoms with van der Waals surface area (Å²) in [7, 11) is 3.39. The molecule has 0 saturated heterocycles. The quantitative estimate of drug-likeness (QED) is 0.819. The van der Waals surface area contributed by atoms with Crippen molar-refractivity contribution in [3.05, 3.63) is 30.5 Å². The molecule has 0 radical (unpaired) electrons. The number of hydrogen-bond acceptors (Lipinski definition) is 3. The van der Waals surface area contributed by atoms with Crippen molar-refractivity contribution in [3.8, 4) is 0 Å². The molecular formula is C18H25N3O3. The fourth-order valence-electron chi connectivity index (χ4n) is 2.86. The summed E-state index contributed by atoms with van der Waals surface area (Å²) in [5.74, 6) is 0.362. The highest BCUT2D eigenvalue weighted by molar-refractivity contribution is 5.92. The maximum atomic E-state index is 12.3. The van der Waals surface area contributed by atoms with Crippen molar-refractivity contribution in [2.45, 2.75) is 25.5 Å². The minimum absolute atomic E-state index is 0.205. The van der Waals surface area contributed by atoms with Crippen molar-refractivity contribution < 1.29 is 14.6 Å². The Hall–Kier alpha value is -2.05. The molecule has 1 aliphatic rings. The summed E-state index contributed by atoms with van der Waals surface area (Å²) < 4.78 is 7.24. The molecule has 1 unspecified atom stereocenters. The third-order valence-electron chi connectivity index (χ3n) is 4.54. The zero-order chi connectivity index (χ0) is 17.1. The summed E-state index contributed by atoms with van der Waals surface area (Å²) in [4.78, 5) is 13.8. The van der Waals surface area contributed by atoms with Gasteiger partial charge in [0.25, 0.3) is 0 Å². The van der Waals surface area contributed by atoms with Crippen LogP contribution in [0.5, 0.6) is 0 Å². The zero-order valence-corrected chi connectivity index (χ0v) is 14.2. The van der Waals surface area contributed by atoms with Gasteiger partial charge < -0.3 is 24.6 Å². The number of aliphatic hydroxyl groups excluding tert-OH is 1. The maximum Gasteiger partial charge on any atom is 0.321 e. The molecule has 130 valence electrons. The third-order valence-corrected chi connectivity index (χ3v) is 4.54. The van der Waals surface area contributed by atoms with Crippen molar-refractivity contribution in [1.82, 2.24) is 9.47 Å². The molecule has 6 heteroatoms. The van der Waals surface area contributed by atoms with Gasteiger partial charge in [0.15, 0.2) is 0 Å². The SMILES string of the molecule is COCCn1ccc2ccc(NC(=O)N(C)CC(O)C3CC3)cc21. The second-order valence-corrected chi connectivity index (χ2v) is 6.49. The van der Waals surface area contributed by atoms with Crippen LogP contribution in [0.4, 0.5) is 10.5 Å². The summed E-state index contributed by atoms with van der Waals surface area (Å²) in [6.07, 6.45) is 3.72. The van der Waals surface area contributed by atoms with Crippen LogP contribution in [0.3, 0.4) is 0 Å². The first-order chi connectivity index (χ1) is 11.6. The van der Waals surface area contributed by atoms with Gasteiger partial charge in [0.1, 0.15) is 0 Å². The van der Waals surface area contributed by atoms with Gasteiger partial charge in [-0.25, -0.2) is 4.79 Å². The Balaban J connectivity index is 1.66. The summed E-state index contributed by atoms with van der Waals surface area (Å²) in [6.45, 7) is 1.77. The van der Waals surface area contributed by atoms with E-state index in [9.17, 15) is 9.90 Å². The molecule has 2 amide bonds. The number of anilines is 1. The molecule has 1 heterocycles. The third kappa shape index (κ3) is 3.88. The molecule has 1 aromatic carbocycles. The molecule has 1 aromatic heterocycles. The van der Waals surface area contributed by atoms with Crippen molar-refractivity contribution >= 4 is 22.6 Å². The van der Waals surface area contributed by atoms with Gasteiger partial charge in [-0.3, -0.25) is 0 Å². The van der Waals surface area contributed by atoms with Gasteiger partial charge in [-0.15, -0.1) is 0 Å². The normalized spacial score (nSPS) is 15.5. The lowest BCUT2D eigenvalue weighted by Crippen LogP contribution is -2.38. The topological polar surface area (TPSA) is 66.7 Å². The Morgan fingerprint density at radius 2 is 2.25 bits per heavy atom. The number of fused-ring (bicyclic) bond motifs is 1. The van der Waals surface area contributed by atoms with Gasteiger partial charge in [-0.05, 0) is 42.3 Å². The van der Waals surface area contributed by atoms with Crippen LogP contribution in [-0.4, -0.2) is 54.0 Å². The number of methoxy groups -OCH3 is 1. The molecule has 6 nitrogen and oxygen atoms in total. The van der Waals surface area contributed by atoms with E-state index in [-0.39, 0.29) is 6.03 Å². The largest absolute Gasteiger partial charge is 0.391 e. The molecule has 1 saturated carbocycles. The van der Waals surface area contributed by atoms with Gasteiger partial charge in [0.2, 0.25) is 0 Å². The van der Waals surface area contributed by atoms with E-state index in [1.165, 1.54) is 4.90 Å². The maximum absolute atomic E-state index is 12.3. The van der Waals surface area contributed by atoms with Crippen LogP contribution in [-0.2, 0) is 11.3 Å². The van der Waals surface area contributed by atoms with Crippen LogP contribution in [0.25, 0.3) is 10.9 Å². The lowest BCUT2D eigenvalue weighted by atomic mass is 10.2. The molecule has 0 spiro atoms. The van der Waals surface area contributed by atoms with Crippen molar-refractivity contribution in [2.24, 2.45) is 5.92 Å². The number of carbonyl (C=O) groups excluding carboxylic acids is 1. The first kappa shape index (κ1) is 16.8. The molecule has 24 heavy (non-hydrogen) atoms. The van der Waals surface area contributed by atoms with E-state index >= 15 is 0 Å². The van der Waals surface area contributed by atoms with Crippen LogP contribution in [0.2, 0.25) is 0 Å². The highest BCUT2D eigenvalue weighted by Gasteiger charge is 2.31. The van der Waals surface area contributed by atoms with Gasteiger partial charge in [0, 0.05) is 39.1 Å². The molecule has 2 aromatic rings. The first-order valence-corrected chi connectivity index (χ1v) is 8.36. The Bertz CT molecular complexity index is 709. The minimum atomic E-state index is -0.422. The summed E-state index contributed by atoms with van der Waals surface area (Å²) in [5.41, 5.74) is 1.81. The smallest absolute Gasteiger partial charge is 0.321 e. The Labute approximate surface area is 142 Å². The lowest BCUT2D eigenvalue weighted by molar-refractivity contribution is 0.117. The van der Waals surface area contributed by atoms with E-state index in [1.807, 2.05) is 24.4 Å². The molecule has 2 N–H and O–H groups in total. The highest BCUT2D eigenvalue weighted by Crippen LogP contribution is 2.32. The first-order valence-electron chi connectivity index (χ1n) is 8.36. The van der Waals surface area contributed by atoms with Crippen molar-refractivity contribution in [1.29, 1.82) is 0 Å². The standard InChI is InChI=1S/C18H25N3O3/c1-20(12-17(22)14-3-4-14)18(23)19-15-6-5-13-7-8-21(9-10-24-2)16(13)11-15/h5-8,11,14,17,22H,3-4,9-10,12H2,1-2H3,(H,19,23). The number of nitrogens with zero attached hydrogens (tertiary/aromatic N) is 2. The van der Waals surface area contributed by atoms with Gasteiger partial charge >= 0.3 is 6.03 Å². The summed E-state index contributed by atoms with van der Waals surface area (Å²) >= 11 is 0. The Morgan fingerprint density at radius 1 is 1.46 bits per heavy atom. The average Bonchev–Trinajstić information content (AvgIpc) is 3.35. The number of amides is 2. The number of aliphatic hydroxyl groups is 1. The number of aromatic nitrogens is 1. The van der Waals surface area contributed by atoms with E-state index in [1.54, 1.807) is 14.2 Å². The summed E-state index contributed by atoms with van der Waals surface area (Å²) in [5, 5.41) is 14.0. The summed E-state index contributed by atoms with van der Waals surface area (Å²) in [6, 6.07) is 7.70. The van der Waals surface area contributed by atoms with E-state index in [2.05, 4.69) is 16.0 Å². The molecule has 0 aliphatic heterocycles. The predicted octanol–water partition coefficient (Wildman–Crippen LogP) is 2.52. The number of ether oxygens (including phenoxy) is 1. The van der Waals surface area contributed by atoms with Crippen LogP contribution < -0.4 is 5.32 Å². The van der Waals surface area contributed by atoms with E-state index in [0.717, 1.165) is 36.0 Å². The number of urea groups is 1. The van der Waals surface area contributed by atoms with E-state index in [4.69, 9.17) is 4.74 Å². The van der Waals surface area contributed by atoms with Gasteiger partial charge in [-0.1, -0.05) is 6.07 Å². The number of likely N-dealkylation sites (N-methyl/N-ethyl adjacent to an activating group) is 1. The molecule has 0 bridgehead atoms. The zero-order valence-electron chi connectivity index (χ0n) is 14.2. The molecule has 1 atom stereocenters. The number of nitrogens with one attached hydrogen (secondary N) is 1. The van der Waals surface area contributed by atoms with E-state index in [0.29, 0.717) is 19.1 Å². The van der Waals surface area contributed by atoms with Crippen molar-refractivity contribution in [3.63, 3.8) is 0 Å². The number of benzene rings is 1. The lowest BCUT2D eigenvalue weighted by Gasteiger charge is -2.21. The fourth-order valence-corrected chi connectivity index (χ4v) is 2.86. The molecule has 1 aliphatic carbocycles. The molecular weight excluding hydrogens is 306 g/mol. The fraction of sp³-hybridized carbons (Fsp3) is 0.500. The van der Waals surface area contributed by atoms with Gasteiger partial charge in [0.05, 0.1) is 18.2 Å². The number of hydrogen-bond donors (Lipinski definition) is 2. The van der Waals surface area contributed by atoms with Crippen LogP contribution in [0.1, 0.15) is 12.8 Å². The second kappa shape index (κ2) is 7.23. The van der Waals surface area contributed by atoms with Crippen LogP contribution in [0.15, 0.2) is 30.5 Å². The van der Waals surface area contributed by atoms with E-state index < -0.39 is 6.10 Å². The molecule has 3 rings (SSSR count). The van der Waals surface area contributed by atoms with Crippen LogP contribution in [0, 0.1) is 5.92 Å². The Kier molecular flexibility index (Phi) is 5.06. The van der Waals surface area contributed by atoms with Crippen LogP contribution >= 0.6 is 0 Å².